The molecule has 0 aliphatic rings. The second-order valence-corrected chi connectivity index (χ2v) is 1.43. The van der Waals surface area contributed by atoms with Crippen LogP contribution in [-0.4, -0.2) is 5.78 Å². The summed E-state index contributed by atoms with van der Waals surface area (Å²) < 4.78 is 0. The first-order chi connectivity index (χ1) is 3.81. The van der Waals surface area contributed by atoms with Crippen LogP contribution in [0.1, 0.15) is 41.5 Å². The molecule has 0 saturated carbocycles. The Labute approximate surface area is 64.8 Å². The summed E-state index contributed by atoms with van der Waals surface area (Å²) in [4.78, 5) is 10.4. The van der Waals surface area contributed by atoms with Crippen LogP contribution in [-0.2, 0) is 4.79 Å². The first-order valence-corrected chi connectivity index (χ1v) is 2.83. The lowest BCUT2D eigenvalue weighted by Crippen LogP contribution is -1.86. The highest BCUT2D eigenvalue weighted by atomic mass is 16.1. The molecule has 0 radical (unpaired) electrons. The molecule has 1 nitrogen and oxygen atoms in total. The molecule has 10 heavy (non-hydrogen) atoms. The van der Waals surface area contributed by atoms with E-state index in [0.29, 0.717) is 6.42 Å². The number of rotatable bonds is 1. The van der Waals surface area contributed by atoms with Gasteiger partial charge in [0.1, 0.15) is 0 Å². The van der Waals surface area contributed by atoms with Crippen molar-refractivity contribution in [2.75, 3.05) is 0 Å². The maximum absolute atomic E-state index is 10.4. The molecular formula is C9H18O. The summed E-state index contributed by atoms with van der Waals surface area (Å²) in [5.41, 5.74) is 0. The van der Waals surface area contributed by atoms with Gasteiger partial charge in [0.2, 0.25) is 5.78 Å². The zero-order chi connectivity index (χ0) is 6.41. The van der Waals surface area contributed by atoms with Gasteiger partial charge in [0, 0.05) is 12.8 Å². The van der Waals surface area contributed by atoms with E-state index in [1.165, 1.54) is 0 Å². The zero-order valence-electron chi connectivity index (χ0n) is 5.32. The quantitative estimate of drug-likeness (QED) is 0.406. The molecule has 0 heterocycles. The van der Waals surface area contributed by atoms with E-state index in [0.717, 1.165) is 6.42 Å². The molecule has 0 unspecified atom stereocenters. The van der Waals surface area contributed by atoms with E-state index in [9.17, 15) is 4.79 Å². The third-order valence-electron chi connectivity index (χ3n) is 0.726. The van der Waals surface area contributed by atoms with Crippen LogP contribution in [0.2, 0.25) is 0 Å². The number of carbonyl (C=O) groups excluding carboxylic acids is 1. The minimum atomic E-state index is 0. The highest BCUT2D eigenvalue weighted by Gasteiger charge is 1.84. The van der Waals surface area contributed by atoms with E-state index >= 15 is 0 Å². The van der Waals surface area contributed by atoms with Crippen LogP contribution >= 0.6 is 0 Å². The molecule has 0 aromatic carbocycles. The standard InChI is InChI=1S/C7H10O.2CH4/c1-3-5-6-7(8)4-2;;/h3-4H2,1-2H3;2*1H4. The second kappa shape index (κ2) is 11.1. The number of carbonyl (C=O) groups is 1. The fourth-order valence-electron chi connectivity index (χ4n) is 0.275. The van der Waals surface area contributed by atoms with E-state index in [4.69, 9.17) is 0 Å². The van der Waals surface area contributed by atoms with Crippen molar-refractivity contribution in [2.45, 2.75) is 41.5 Å². The van der Waals surface area contributed by atoms with Crippen LogP contribution in [0.15, 0.2) is 0 Å². The number of hydrogen-bond donors (Lipinski definition) is 0. The van der Waals surface area contributed by atoms with E-state index < -0.39 is 0 Å². The van der Waals surface area contributed by atoms with E-state index in [2.05, 4.69) is 11.8 Å². The van der Waals surface area contributed by atoms with Crippen molar-refractivity contribution in [1.82, 2.24) is 0 Å². The Hall–Kier alpha value is -0.770. The summed E-state index contributed by atoms with van der Waals surface area (Å²) in [6.45, 7) is 3.74. The van der Waals surface area contributed by atoms with Gasteiger partial charge in [-0.15, -0.1) is 0 Å². The monoisotopic (exact) mass is 142 g/mol. The molecule has 0 N–H and O–H groups in total. The molecule has 1 heteroatoms. The highest BCUT2D eigenvalue weighted by Crippen LogP contribution is 1.76. The van der Waals surface area contributed by atoms with Gasteiger partial charge in [-0.2, -0.15) is 0 Å². The van der Waals surface area contributed by atoms with Crippen molar-refractivity contribution in [3.05, 3.63) is 0 Å². The Balaban J connectivity index is -0.000000245. The zero-order valence-corrected chi connectivity index (χ0v) is 5.32. The van der Waals surface area contributed by atoms with E-state index in [-0.39, 0.29) is 20.6 Å². The predicted octanol–water partition coefficient (Wildman–Crippen LogP) is 2.65. The Morgan fingerprint density at radius 2 is 1.80 bits per heavy atom. The second-order valence-electron chi connectivity index (χ2n) is 1.43. The summed E-state index contributed by atoms with van der Waals surface area (Å²) in [6, 6.07) is 0. The molecular weight excluding hydrogens is 124 g/mol. The SMILES string of the molecule is C.C.CCC#CC(=O)CC. The third kappa shape index (κ3) is 10.3. The number of ketones is 1. The average Bonchev–Trinajstić information content (AvgIpc) is 1.83. The largest absolute Gasteiger partial charge is 0.285 e. The Kier molecular flexibility index (Phi) is 17.9. The Morgan fingerprint density at radius 1 is 1.30 bits per heavy atom. The van der Waals surface area contributed by atoms with Crippen LogP contribution in [0.5, 0.6) is 0 Å². The van der Waals surface area contributed by atoms with Crippen LogP contribution in [0, 0.1) is 11.8 Å². The first-order valence-electron chi connectivity index (χ1n) is 2.83. The van der Waals surface area contributed by atoms with Crippen LogP contribution in [0.3, 0.4) is 0 Å². The van der Waals surface area contributed by atoms with Gasteiger partial charge in [-0.3, -0.25) is 4.79 Å². The maximum Gasteiger partial charge on any atom is 0.205 e. The molecule has 0 rings (SSSR count). The van der Waals surface area contributed by atoms with Crippen LogP contribution in [0.25, 0.3) is 0 Å². The van der Waals surface area contributed by atoms with Gasteiger partial charge in [-0.1, -0.05) is 34.6 Å². The molecule has 0 aromatic heterocycles. The minimum absolute atomic E-state index is 0. The van der Waals surface area contributed by atoms with Crippen LogP contribution < -0.4 is 0 Å². The van der Waals surface area contributed by atoms with Crippen molar-refractivity contribution in [2.24, 2.45) is 0 Å². The third-order valence-corrected chi connectivity index (χ3v) is 0.726. The molecule has 0 fully saturated rings. The Bertz CT molecular complexity index is 125. The van der Waals surface area contributed by atoms with Crippen molar-refractivity contribution >= 4 is 5.78 Å². The molecule has 0 aliphatic heterocycles. The molecule has 0 saturated heterocycles. The molecule has 60 valence electrons. The summed E-state index contributed by atoms with van der Waals surface area (Å²) in [7, 11) is 0. The van der Waals surface area contributed by atoms with Gasteiger partial charge in [0.25, 0.3) is 0 Å². The number of Topliss-reactive ketones (excluding diaryl/α,β-unsaturated/α-hetero) is 1. The van der Waals surface area contributed by atoms with Gasteiger partial charge >= 0.3 is 0 Å². The van der Waals surface area contributed by atoms with Crippen LogP contribution in [0.4, 0.5) is 0 Å². The molecule has 0 spiro atoms. The fourth-order valence-corrected chi connectivity index (χ4v) is 0.275. The summed E-state index contributed by atoms with van der Waals surface area (Å²) in [5.74, 6) is 5.23. The molecule has 0 bridgehead atoms. The van der Waals surface area contributed by atoms with Crippen molar-refractivity contribution in [3.63, 3.8) is 0 Å². The predicted molar refractivity (Wildman–Crippen MR) is 46.8 cm³/mol. The van der Waals surface area contributed by atoms with Gasteiger partial charge < -0.3 is 0 Å². The lowest BCUT2D eigenvalue weighted by Gasteiger charge is -1.75. The van der Waals surface area contributed by atoms with Gasteiger partial charge in [-0.05, 0) is 5.92 Å². The smallest absolute Gasteiger partial charge is 0.205 e. The van der Waals surface area contributed by atoms with Crippen molar-refractivity contribution < 1.29 is 4.79 Å². The number of hydrogen-bond acceptors (Lipinski definition) is 1. The summed E-state index contributed by atoms with van der Waals surface area (Å²) in [5, 5.41) is 0. The maximum atomic E-state index is 10.4. The highest BCUT2D eigenvalue weighted by molar-refractivity contribution is 5.95. The molecule has 0 aromatic rings. The van der Waals surface area contributed by atoms with Gasteiger partial charge in [-0.25, -0.2) is 0 Å². The van der Waals surface area contributed by atoms with Crippen molar-refractivity contribution in [3.8, 4) is 11.8 Å². The lowest BCUT2D eigenvalue weighted by molar-refractivity contribution is -0.113. The van der Waals surface area contributed by atoms with E-state index in [1.807, 2.05) is 13.8 Å². The fraction of sp³-hybridized carbons (Fsp3) is 0.667. The van der Waals surface area contributed by atoms with Gasteiger partial charge in [0.15, 0.2) is 0 Å². The molecule has 0 atom stereocenters. The summed E-state index contributed by atoms with van der Waals surface area (Å²) >= 11 is 0. The van der Waals surface area contributed by atoms with Gasteiger partial charge in [0.05, 0.1) is 0 Å². The summed E-state index contributed by atoms with van der Waals surface area (Å²) in [6.07, 6.45) is 1.30. The Morgan fingerprint density at radius 3 is 2.10 bits per heavy atom. The topological polar surface area (TPSA) is 17.1 Å². The lowest BCUT2D eigenvalue weighted by atomic mass is 10.3. The average molecular weight is 142 g/mol. The van der Waals surface area contributed by atoms with E-state index in [1.54, 1.807) is 0 Å². The molecule has 0 aliphatic carbocycles. The normalized spacial score (nSPS) is 5.80. The first kappa shape index (κ1) is 16.1. The van der Waals surface area contributed by atoms with Crippen molar-refractivity contribution in [1.29, 1.82) is 0 Å². The molecule has 0 amide bonds. The minimum Gasteiger partial charge on any atom is -0.285 e.